The molecule has 0 aromatic heterocycles. The third-order valence-electron chi connectivity index (χ3n) is 1.08. The lowest BCUT2D eigenvalue weighted by Gasteiger charge is -1.97. The highest BCUT2D eigenvalue weighted by atomic mass is 32.2. The van der Waals surface area contributed by atoms with E-state index in [0.29, 0.717) is 0 Å². The maximum Gasteiger partial charge on any atom is 0.0725 e. The van der Waals surface area contributed by atoms with Crippen LogP contribution in [0.3, 0.4) is 0 Å². The molecule has 60 valence electrons. The Hall–Kier alpha value is -0.710. The van der Waals surface area contributed by atoms with Crippen molar-refractivity contribution in [3.8, 4) is 0 Å². The SMILES string of the molecule is COOSc1ccc(N)cc1. The molecule has 2 N–H and O–H groups in total. The van der Waals surface area contributed by atoms with Crippen LogP contribution in [0.25, 0.3) is 0 Å². The predicted molar refractivity (Wildman–Crippen MR) is 44.8 cm³/mol. The van der Waals surface area contributed by atoms with Crippen LogP contribution in [0.2, 0.25) is 0 Å². The maximum atomic E-state index is 5.47. The number of hydrogen-bond acceptors (Lipinski definition) is 4. The van der Waals surface area contributed by atoms with Crippen molar-refractivity contribution in [1.29, 1.82) is 0 Å². The Morgan fingerprint density at radius 2 is 1.91 bits per heavy atom. The van der Waals surface area contributed by atoms with E-state index in [1.807, 2.05) is 12.1 Å². The fraction of sp³-hybridized carbons (Fsp3) is 0.143. The first-order valence-electron chi connectivity index (χ1n) is 3.06. The first kappa shape index (κ1) is 8.39. The summed E-state index contributed by atoms with van der Waals surface area (Å²) in [4.78, 5) is 5.37. The molecule has 3 nitrogen and oxygen atoms in total. The maximum absolute atomic E-state index is 5.47. The molecule has 0 heterocycles. The van der Waals surface area contributed by atoms with Gasteiger partial charge in [-0.15, -0.1) is 0 Å². The number of hydrogen-bond donors (Lipinski definition) is 1. The molecule has 0 radical (unpaired) electrons. The summed E-state index contributed by atoms with van der Waals surface area (Å²) in [6.45, 7) is 0. The van der Waals surface area contributed by atoms with Gasteiger partial charge >= 0.3 is 0 Å². The minimum Gasteiger partial charge on any atom is -0.399 e. The van der Waals surface area contributed by atoms with Crippen molar-refractivity contribution >= 4 is 17.7 Å². The Morgan fingerprint density at radius 3 is 2.45 bits per heavy atom. The summed E-state index contributed by atoms with van der Waals surface area (Å²) < 4.78 is 4.64. The van der Waals surface area contributed by atoms with Crippen LogP contribution in [0, 0.1) is 0 Å². The van der Waals surface area contributed by atoms with Crippen molar-refractivity contribution in [1.82, 2.24) is 0 Å². The summed E-state index contributed by atoms with van der Waals surface area (Å²) in [6.07, 6.45) is 0. The fourth-order valence-corrected chi connectivity index (χ4v) is 0.990. The normalized spacial score (nSPS) is 9.91. The van der Waals surface area contributed by atoms with E-state index in [1.165, 1.54) is 7.11 Å². The molecule has 0 fully saturated rings. The van der Waals surface area contributed by atoms with E-state index in [1.54, 1.807) is 12.1 Å². The molecular formula is C7H9NO2S. The average Bonchev–Trinajstić information content (AvgIpc) is 2.04. The van der Waals surface area contributed by atoms with Crippen molar-refractivity contribution < 1.29 is 9.22 Å². The van der Waals surface area contributed by atoms with Gasteiger partial charge in [0.2, 0.25) is 0 Å². The van der Waals surface area contributed by atoms with Crippen LogP contribution in [0.15, 0.2) is 29.2 Å². The second-order valence-corrected chi connectivity index (χ2v) is 2.66. The minimum atomic E-state index is 0.742. The van der Waals surface area contributed by atoms with Gasteiger partial charge in [-0.05, 0) is 24.3 Å². The Labute approximate surface area is 69.6 Å². The van der Waals surface area contributed by atoms with Crippen molar-refractivity contribution in [2.45, 2.75) is 4.90 Å². The summed E-state index contributed by atoms with van der Waals surface area (Å²) in [7, 11) is 1.46. The highest BCUT2D eigenvalue weighted by Gasteiger charge is 1.92. The van der Waals surface area contributed by atoms with E-state index in [0.717, 1.165) is 22.6 Å². The second-order valence-electron chi connectivity index (χ2n) is 1.89. The lowest BCUT2D eigenvalue weighted by Crippen LogP contribution is -1.83. The first-order chi connectivity index (χ1) is 5.33. The van der Waals surface area contributed by atoms with Gasteiger partial charge in [-0.2, -0.15) is 4.33 Å². The third kappa shape index (κ3) is 2.80. The van der Waals surface area contributed by atoms with Gasteiger partial charge in [0.25, 0.3) is 0 Å². The van der Waals surface area contributed by atoms with Gasteiger partial charge in [0, 0.05) is 10.6 Å². The number of benzene rings is 1. The summed E-state index contributed by atoms with van der Waals surface area (Å²) in [5.74, 6) is 0. The van der Waals surface area contributed by atoms with E-state index in [2.05, 4.69) is 9.22 Å². The van der Waals surface area contributed by atoms with E-state index in [4.69, 9.17) is 5.73 Å². The number of nitrogens with two attached hydrogens (primary N) is 1. The Balaban J connectivity index is 2.52. The zero-order valence-corrected chi connectivity index (χ0v) is 6.93. The van der Waals surface area contributed by atoms with Gasteiger partial charge in [0.15, 0.2) is 0 Å². The highest BCUT2D eigenvalue weighted by Crippen LogP contribution is 2.19. The van der Waals surface area contributed by atoms with Crippen LogP contribution >= 0.6 is 12.0 Å². The molecule has 0 spiro atoms. The van der Waals surface area contributed by atoms with Gasteiger partial charge in [-0.3, -0.25) is 0 Å². The molecule has 0 saturated carbocycles. The van der Waals surface area contributed by atoms with E-state index >= 15 is 0 Å². The van der Waals surface area contributed by atoms with Gasteiger partial charge in [0.1, 0.15) is 0 Å². The van der Waals surface area contributed by atoms with Gasteiger partial charge in [0.05, 0.1) is 19.2 Å². The molecule has 0 saturated heterocycles. The summed E-state index contributed by atoms with van der Waals surface area (Å²) >= 11 is 1.15. The van der Waals surface area contributed by atoms with Crippen LogP contribution in [-0.4, -0.2) is 7.11 Å². The molecule has 1 aromatic rings. The summed E-state index contributed by atoms with van der Waals surface area (Å²) in [5.41, 5.74) is 6.22. The molecule has 0 amide bonds. The zero-order chi connectivity index (χ0) is 8.10. The number of nitrogen functional groups attached to an aromatic ring is 1. The Bertz CT molecular complexity index is 212. The fourth-order valence-electron chi connectivity index (χ4n) is 0.597. The number of anilines is 1. The Kier molecular flexibility index (Phi) is 3.22. The van der Waals surface area contributed by atoms with Crippen molar-refractivity contribution in [3.63, 3.8) is 0 Å². The molecule has 0 aliphatic carbocycles. The smallest absolute Gasteiger partial charge is 0.0725 e. The molecule has 0 aliphatic heterocycles. The molecule has 0 unspecified atom stereocenters. The quantitative estimate of drug-likeness (QED) is 0.326. The van der Waals surface area contributed by atoms with E-state index in [-0.39, 0.29) is 0 Å². The molecule has 4 heteroatoms. The average molecular weight is 171 g/mol. The van der Waals surface area contributed by atoms with Crippen molar-refractivity contribution in [2.75, 3.05) is 12.8 Å². The van der Waals surface area contributed by atoms with Gasteiger partial charge < -0.3 is 5.73 Å². The van der Waals surface area contributed by atoms with Gasteiger partial charge in [-0.25, -0.2) is 4.89 Å². The predicted octanol–water partition coefficient (Wildman–Crippen LogP) is 1.85. The largest absolute Gasteiger partial charge is 0.399 e. The molecule has 1 aromatic carbocycles. The third-order valence-corrected chi connectivity index (χ3v) is 1.75. The first-order valence-corrected chi connectivity index (χ1v) is 3.80. The topological polar surface area (TPSA) is 44.5 Å². The van der Waals surface area contributed by atoms with E-state index in [9.17, 15) is 0 Å². The number of rotatable bonds is 3. The van der Waals surface area contributed by atoms with Gasteiger partial charge in [-0.1, -0.05) is 0 Å². The molecule has 0 atom stereocenters. The van der Waals surface area contributed by atoms with E-state index < -0.39 is 0 Å². The molecule has 1 rings (SSSR count). The summed E-state index contributed by atoms with van der Waals surface area (Å²) in [5, 5.41) is 0. The lowest BCUT2D eigenvalue weighted by molar-refractivity contribution is -0.160. The standard InChI is InChI=1S/C7H9NO2S/c1-9-10-11-7-4-2-6(8)3-5-7/h2-5H,8H2,1H3. The minimum absolute atomic E-state index is 0.742. The second kappa shape index (κ2) is 4.23. The van der Waals surface area contributed by atoms with Crippen molar-refractivity contribution in [3.05, 3.63) is 24.3 Å². The van der Waals surface area contributed by atoms with Crippen LogP contribution in [0.5, 0.6) is 0 Å². The van der Waals surface area contributed by atoms with Crippen LogP contribution in [0.1, 0.15) is 0 Å². The monoisotopic (exact) mass is 171 g/mol. The highest BCUT2D eigenvalue weighted by molar-refractivity contribution is 7.94. The zero-order valence-electron chi connectivity index (χ0n) is 6.11. The van der Waals surface area contributed by atoms with Crippen molar-refractivity contribution in [2.24, 2.45) is 0 Å². The lowest BCUT2D eigenvalue weighted by atomic mass is 10.3. The molecule has 0 bridgehead atoms. The van der Waals surface area contributed by atoms with Crippen LogP contribution in [0.4, 0.5) is 5.69 Å². The summed E-state index contributed by atoms with van der Waals surface area (Å²) in [6, 6.07) is 7.33. The molecule has 0 aliphatic rings. The van der Waals surface area contributed by atoms with Crippen LogP contribution in [-0.2, 0) is 9.22 Å². The molecular weight excluding hydrogens is 162 g/mol. The Morgan fingerprint density at radius 1 is 1.27 bits per heavy atom. The van der Waals surface area contributed by atoms with Crippen LogP contribution < -0.4 is 5.73 Å². The molecule has 11 heavy (non-hydrogen) atoms.